The predicted molar refractivity (Wildman–Crippen MR) is 101 cm³/mol. The summed E-state index contributed by atoms with van der Waals surface area (Å²) in [5.74, 6) is -1.02. The normalized spacial score (nSPS) is 38.4. The molecule has 6 heteroatoms. The molecule has 0 amide bonds. The highest BCUT2D eigenvalue weighted by molar-refractivity contribution is 6.30. The molecule has 2 spiro atoms. The molecule has 3 aliphatic rings. The molecule has 1 aromatic carbocycles. The molecule has 144 valence electrons. The molecule has 3 atom stereocenters. The Balaban J connectivity index is 1.88. The van der Waals surface area contributed by atoms with Gasteiger partial charge in [0, 0.05) is 16.1 Å². The van der Waals surface area contributed by atoms with Gasteiger partial charge in [-0.15, -0.1) is 0 Å². The van der Waals surface area contributed by atoms with Gasteiger partial charge in [-0.05, 0) is 66.2 Å². The van der Waals surface area contributed by atoms with Crippen LogP contribution in [-0.4, -0.2) is 39.9 Å². The number of hydrogen-bond donors (Lipinski definition) is 1. The van der Waals surface area contributed by atoms with E-state index >= 15 is 0 Å². The summed E-state index contributed by atoms with van der Waals surface area (Å²) >= 11 is 6.13. The molecule has 3 aliphatic heterocycles. The van der Waals surface area contributed by atoms with Crippen LogP contribution in [0.1, 0.15) is 60.1 Å². The van der Waals surface area contributed by atoms with Gasteiger partial charge in [-0.25, -0.2) is 4.84 Å². The molecular formula is C20H29ClN2O3. The molecule has 0 bridgehead atoms. The first-order valence-corrected chi connectivity index (χ1v) is 9.59. The van der Waals surface area contributed by atoms with E-state index in [0.717, 1.165) is 5.56 Å². The average Bonchev–Trinajstić information content (AvgIpc) is 2.80. The lowest BCUT2D eigenvalue weighted by Crippen LogP contribution is -2.59. The third-order valence-electron chi connectivity index (χ3n) is 5.59. The highest BCUT2D eigenvalue weighted by atomic mass is 35.5. The molecule has 1 aromatic rings. The second-order valence-corrected chi connectivity index (χ2v) is 10.2. The number of epoxide rings is 1. The third-order valence-corrected chi connectivity index (χ3v) is 5.84. The average molecular weight is 381 g/mol. The fourth-order valence-electron chi connectivity index (χ4n) is 4.42. The number of hydroxylamine groups is 2. The van der Waals surface area contributed by atoms with Crippen LogP contribution in [0, 0.1) is 0 Å². The van der Waals surface area contributed by atoms with Crippen molar-refractivity contribution < 1.29 is 14.3 Å². The molecule has 0 unspecified atom stereocenters. The number of rotatable bonds is 1. The van der Waals surface area contributed by atoms with E-state index in [1.807, 2.05) is 29.3 Å². The van der Waals surface area contributed by atoms with Crippen molar-refractivity contribution >= 4 is 11.6 Å². The van der Waals surface area contributed by atoms with Crippen molar-refractivity contribution in [3.63, 3.8) is 0 Å². The molecule has 0 aromatic heterocycles. The number of fused-ring (bicyclic) bond motifs is 1. The van der Waals surface area contributed by atoms with E-state index in [1.54, 1.807) is 0 Å². The Bertz CT molecular complexity index is 728. The number of halogens is 1. The summed E-state index contributed by atoms with van der Waals surface area (Å²) in [5.41, 5.74) is -0.407. The highest BCUT2D eigenvalue weighted by Crippen LogP contribution is 2.69. The Morgan fingerprint density at radius 3 is 2.12 bits per heavy atom. The minimum Gasteiger partial charge on any atom is -0.353 e. The maximum atomic E-state index is 6.56. The first kappa shape index (κ1) is 18.7. The maximum Gasteiger partial charge on any atom is 0.280 e. The van der Waals surface area contributed by atoms with Gasteiger partial charge in [-0.2, -0.15) is 5.06 Å². The first-order valence-electron chi connectivity index (χ1n) is 9.21. The van der Waals surface area contributed by atoms with Gasteiger partial charge in [0.05, 0.1) is 12.6 Å². The zero-order chi connectivity index (χ0) is 19.2. The number of benzene rings is 1. The number of ether oxygens (including phenoxy) is 2. The van der Waals surface area contributed by atoms with Crippen LogP contribution in [0.3, 0.4) is 0 Å². The summed E-state index contributed by atoms with van der Waals surface area (Å²) in [5, 5.41) is 6.33. The number of hydrogen-bond acceptors (Lipinski definition) is 5. The molecule has 3 heterocycles. The zero-order valence-electron chi connectivity index (χ0n) is 16.6. The molecule has 0 radical (unpaired) electrons. The number of nitrogens with zero attached hydrogens (tertiary/aromatic N) is 1. The quantitative estimate of drug-likeness (QED) is 0.745. The van der Waals surface area contributed by atoms with Crippen molar-refractivity contribution in [1.29, 1.82) is 0 Å². The SMILES string of the molecule is CC1(C)CO[C@]2(N1)ON(C(C)(C)C)[C@H](c1ccc(Cl)cc1)[C@@]21OC1(C)C. The Hall–Kier alpha value is -0.690. The van der Waals surface area contributed by atoms with Crippen molar-refractivity contribution in [2.24, 2.45) is 0 Å². The maximum absolute atomic E-state index is 6.56. The van der Waals surface area contributed by atoms with Crippen LogP contribution in [0.15, 0.2) is 24.3 Å². The van der Waals surface area contributed by atoms with Crippen molar-refractivity contribution in [2.45, 2.75) is 82.7 Å². The lowest BCUT2D eigenvalue weighted by Gasteiger charge is -2.35. The van der Waals surface area contributed by atoms with Crippen LogP contribution < -0.4 is 5.32 Å². The van der Waals surface area contributed by atoms with Gasteiger partial charge < -0.3 is 9.47 Å². The summed E-state index contributed by atoms with van der Waals surface area (Å²) < 4.78 is 12.7. The fourth-order valence-corrected chi connectivity index (χ4v) is 4.54. The van der Waals surface area contributed by atoms with E-state index in [9.17, 15) is 0 Å². The van der Waals surface area contributed by atoms with Crippen molar-refractivity contribution in [3.8, 4) is 0 Å². The van der Waals surface area contributed by atoms with E-state index in [0.29, 0.717) is 11.6 Å². The smallest absolute Gasteiger partial charge is 0.280 e. The van der Waals surface area contributed by atoms with Crippen LogP contribution in [0.5, 0.6) is 0 Å². The standard InChI is InChI=1S/C20H29ClN2O3/c1-16(2,3)23-15(13-8-10-14(21)11-9-13)19(18(6,7)25-19)20(26-23)22-17(4,5)12-24-20/h8-11,15,22H,12H2,1-7H3/t15-,19+,20+/m1/s1. The molecule has 5 nitrogen and oxygen atoms in total. The highest BCUT2D eigenvalue weighted by Gasteiger charge is 2.87. The van der Waals surface area contributed by atoms with Crippen LogP contribution in [0.25, 0.3) is 0 Å². The fraction of sp³-hybridized carbons (Fsp3) is 0.700. The van der Waals surface area contributed by atoms with Crippen molar-refractivity contribution in [1.82, 2.24) is 10.4 Å². The van der Waals surface area contributed by atoms with E-state index in [2.05, 4.69) is 53.8 Å². The molecule has 0 aliphatic carbocycles. The van der Waals surface area contributed by atoms with E-state index < -0.39 is 17.1 Å². The van der Waals surface area contributed by atoms with Gasteiger partial charge >= 0.3 is 0 Å². The van der Waals surface area contributed by atoms with Crippen LogP contribution in [0.2, 0.25) is 5.02 Å². The molecule has 26 heavy (non-hydrogen) atoms. The van der Waals surface area contributed by atoms with Gasteiger partial charge in [0.1, 0.15) is 5.60 Å². The van der Waals surface area contributed by atoms with Gasteiger partial charge in [0.2, 0.25) is 0 Å². The summed E-state index contributed by atoms with van der Waals surface area (Å²) in [7, 11) is 0. The molecule has 4 rings (SSSR count). The van der Waals surface area contributed by atoms with E-state index in [1.165, 1.54) is 0 Å². The van der Waals surface area contributed by atoms with E-state index in [-0.39, 0.29) is 17.1 Å². The van der Waals surface area contributed by atoms with Crippen LogP contribution in [-0.2, 0) is 14.3 Å². The number of nitrogens with one attached hydrogen (secondary N) is 1. The molecule has 3 fully saturated rings. The third kappa shape index (κ3) is 2.42. The molecule has 1 N–H and O–H groups in total. The summed E-state index contributed by atoms with van der Waals surface area (Å²) in [6, 6.07) is 7.80. The predicted octanol–water partition coefficient (Wildman–Crippen LogP) is 4.03. The lowest BCUT2D eigenvalue weighted by molar-refractivity contribution is -0.329. The van der Waals surface area contributed by atoms with E-state index in [4.69, 9.17) is 25.9 Å². The monoisotopic (exact) mass is 380 g/mol. The summed E-state index contributed by atoms with van der Waals surface area (Å²) in [6.45, 7) is 15.4. The first-order chi connectivity index (χ1) is 11.8. The van der Waals surface area contributed by atoms with Gasteiger partial charge in [0.25, 0.3) is 5.91 Å². The second-order valence-electron chi connectivity index (χ2n) is 9.80. The topological polar surface area (TPSA) is 46.3 Å². The molecule has 0 saturated carbocycles. The molecular weight excluding hydrogens is 352 g/mol. The Labute approximate surface area is 160 Å². The molecule has 3 saturated heterocycles. The Morgan fingerprint density at radius 2 is 1.69 bits per heavy atom. The van der Waals surface area contributed by atoms with Gasteiger partial charge in [-0.1, -0.05) is 23.7 Å². The minimum atomic E-state index is -1.02. The van der Waals surface area contributed by atoms with Crippen LogP contribution in [0.4, 0.5) is 0 Å². The van der Waals surface area contributed by atoms with Gasteiger partial charge in [-0.3, -0.25) is 5.32 Å². The van der Waals surface area contributed by atoms with Crippen molar-refractivity contribution in [3.05, 3.63) is 34.9 Å². The van der Waals surface area contributed by atoms with Crippen molar-refractivity contribution in [2.75, 3.05) is 6.61 Å². The lowest BCUT2D eigenvalue weighted by atomic mass is 9.81. The summed E-state index contributed by atoms with van der Waals surface area (Å²) in [4.78, 5) is 6.56. The largest absolute Gasteiger partial charge is 0.353 e. The Kier molecular flexibility index (Phi) is 3.75. The second kappa shape index (κ2) is 5.22. The van der Waals surface area contributed by atoms with Crippen LogP contribution >= 0.6 is 11.6 Å². The Morgan fingerprint density at radius 1 is 1.12 bits per heavy atom. The minimum absolute atomic E-state index is 0.129. The van der Waals surface area contributed by atoms with Gasteiger partial charge in [0.15, 0.2) is 5.60 Å². The summed E-state index contributed by atoms with van der Waals surface area (Å²) in [6.07, 6.45) is 0. The zero-order valence-corrected chi connectivity index (χ0v) is 17.4.